The van der Waals surface area contributed by atoms with Gasteiger partial charge in [0.05, 0.1) is 0 Å². The molecule has 0 spiro atoms. The Kier molecular flexibility index (Phi) is 4.74. The van der Waals surface area contributed by atoms with Gasteiger partial charge in [-0.25, -0.2) is 0 Å². The molecule has 0 amide bonds. The van der Waals surface area contributed by atoms with Crippen molar-refractivity contribution >= 4 is 0 Å². The van der Waals surface area contributed by atoms with E-state index in [4.69, 9.17) is 0 Å². The van der Waals surface area contributed by atoms with Crippen LogP contribution in [0.3, 0.4) is 0 Å². The van der Waals surface area contributed by atoms with E-state index in [2.05, 4.69) is 88.4 Å². The van der Waals surface area contributed by atoms with Crippen LogP contribution in [0.1, 0.15) is 60.1 Å². The normalized spacial score (nSPS) is 14.7. The lowest BCUT2D eigenvalue weighted by Crippen LogP contribution is -2.15. The summed E-state index contributed by atoms with van der Waals surface area (Å²) in [6.45, 7) is 11.0. The van der Waals surface area contributed by atoms with Gasteiger partial charge in [-0.05, 0) is 70.0 Å². The first-order chi connectivity index (χ1) is 15.3. The zero-order valence-electron chi connectivity index (χ0n) is 19.5. The zero-order valence-corrected chi connectivity index (χ0v) is 19.5. The molecule has 0 aromatic heterocycles. The van der Waals surface area contributed by atoms with Crippen molar-refractivity contribution in [3.63, 3.8) is 0 Å². The Balaban J connectivity index is 1.70. The highest BCUT2D eigenvalue weighted by atomic mass is 16.3. The van der Waals surface area contributed by atoms with Crippen molar-refractivity contribution in [3.8, 4) is 28.0 Å². The third-order valence-corrected chi connectivity index (χ3v) is 7.38. The predicted molar refractivity (Wildman–Crippen MR) is 135 cm³/mol. The molecule has 0 fully saturated rings. The van der Waals surface area contributed by atoms with Gasteiger partial charge in [0, 0.05) is 16.9 Å². The van der Waals surface area contributed by atoms with Crippen molar-refractivity contribution < 1.29 is 5.11 Å². The van der Waals surface area contributed by atoms with Gasteiger partial charge in [0.25, 0.3) is 0 Å². The molecule has 0 saturated carbocycles. The smallest absolute Gasteiger partial charge is 0.122 e. The molecule has 4 aromatic carbocycles. The molecule has 0 saturated heterocycles. The second-order valence-electron chi connectivity index (χ2n) is 9.70. The number of phenolic OH excluding ortho intramolecular Hbond substituents is 1. The molecule has 1 unspecified atom stereocenters. The van der Waals surface area contributed by atoms with E-state index >= 15 is 0 Å². The number of aryl methyl sites for hydroxylation is 2. The van der Waals surface area contributed by atoms with Crippen molar-refractivity contribution in [1.82, 2.24) is 0 Å². The van der Waals surface area contributed by atoms with Gasteiger partial charge in [-0.15, -0.1) is 0 Å². The average molecular weight is 419 g/mol. The summed E-state index contributed by atoms with van der Waals surface area (Å²) in [5.74, 6) is 0.485. The van der Waals surface area contributed by atoms with Gasteiger partial charge in [-0.2, -0.15) is 0 Å². The van der Waals surface area contributed by atoms with Crippen LogP contribution < -0.4 is 0 Å². The predicted octanol–water partition coefficient (Wildman–Crippen LogP) is 8.13. The second kappa shape index (κ2) is 7.38. The molecule has 4 aromatic rings. The Labute approximate surface area is 191 Å². The number of aromatic hydroxyl groups is 1. The van der Waals surface area contributed by atoms with Crippen molar-refractivity contribution in [2.24, 2.45) is 0 Å². The molecule has 0 bridgehead atoms. The van der Waals surface area contributed by atoms with Gasteiger partial charge in [-0.3, -0.25) is 0 Å². The van der Waals surface area contributed by atoms with Crippen LogP contribution in [-0.2, 0) is 5.41 Å². The number of hydrogen-bond acceptors (Lipinski definition) is 1. The first-order valence-corrected chi connectivity index (χ1v) is 11.4. The molecule has 0 radical (unpaired) electrons. The molecule has 1 aliphatic rings. The molecule has 1 N–H and O–H groups in total. The van der Waals surface area contributed by atoms with E-state index in [9.17, 15) is 5.11 Å². The van der Waals surface area contributed by atoms with E-state index in [1.807, 2.05) is 25.1 Å². The Morgan fingerprint density at radius 1 is 0.625 bits per heavy atom. The summed E-state index contributed by atoms with van der Waals surface area (Å²) >= 11 is 0. The summed E-state index contributed by atoms with van der Waals surface area (Å²) in [5.41, 5.74) is 12.4. The van der Waals surface area contributed by atoms with Crippen molar-refractivity contribution in [2.75, 3.05) is 0 Å². The van der Waals surface area contributed by atoms with E-state index in [0.29, 0.717) is 5.75 Å². The van der Waals surface area contributed by atoms with Crippen LogP contribution in [0.2, 0.25) is 0 Å². The Morgan fingerprint density at radius 2 is 1.28 bits per heavy atom. The van der Waals surface area contributed by atoms with Crippen LogP contribution in [0.5, 0.6) is 5.75 Å². The molecule has 1 heteroatoms. The fraction of sp³-hybridized carbons (Fsp3) is 0.226. The highest BCUT2D eigenvalue weighted by Gasteiger charge is 2.35. The third kappa shape index (κ3) is 2.99. The standard InChI is InChI=1S/C31H30O/c1-19-11-10-15-23(30(19)32)21(3)22-12-6-7-13-24(22)26-18-27-25-14-8-9-16-28(25)31(4,5)29(27)17-20(26)2/h6-18,21,32H,1-5H3. The van der Waals surface area contributed by atoms with Gasteiger partial charge in [0.2, 0.25) is 0 Å². The molecular formula is C31H30O. The number of phenols is 1. The van der Waals surface area contributed by atoms with Crippen LogP contribution in [0.15, 0.2) is 78.9 Å². The molecule has 32 heavy (non-hydrogen) atoms. The summed E-state index contributed by atoms with van der Waals surface area (Å²) in [4.78, 5) is 0. The van der Waals surface area contributed by atoms with Crippen molar-refractivity contribution in [1.29, 1.82) is 0 Å². The van der Waals surface area contributed by atoms with Crippen LogP contribution in [0, 0.1) is 13.8 Å². The molecule has 0 aliphatic heterocycles. The van der Waals surface area contributed by atoms with E-state index in [-0.39, 0.29) is 11.3 Å². The highest BCUT2D eigenvalue weighted by Crippen LogP contribution is 2.50. The Hall–Kier alpha value is -3.32. The molecule has 5 rings (SSSR count). The summed E-state index contributed by atoms with van der Waals surface area (Å²) in [7, 11) is 0. The Morgan fingerprint density at radius 3 is 2.06 bits per heavy atom. The molecule has 160 valence electrons. The first kappa shape index (κ1) is 20.6. The lowest BCUT2D eigenvalue weighted by Gasteiger charge is -2.23. The minimum absolute atomic E-state index is 0.00931. The minimum Gasteiger partial charge on any atom is -0.507 e. The summed E-state index contributed by atoms with van der Waals surface area (Å²) in [6, 6.07) is 28.2. The molecule has 0 heterocycles. The minimum atomic E-state index is 0.00931. The number of hydrogen-bond donors (Lipinski definition) is 1. The quantitative estimate of drug-likeness (QED) is 0.356. The molecule has 1 aliphatic carbocycles. The maximum Gasteiger partial charge on any atom is 0.122 e. The maximum atomic E-state index is 10.7. The van der Waals surface area contributed by atoms with Crippen molar-refractivity contribution in [3.05, 3.63) is 112 Å². The van der Waals surface area contributed by atoms with Crippen LogP contribution in [0.4, 0.5) is 0 Å². The van der Waals surface area contributed by atoms with E-state index in [1.54, 1.807) is 0 Å². The summed E-state index contributed by atoms with van der Waals surface area (Å²) in [6.07, 6.45) is 0. The second-order valence-corrected chi connectivity index (χ2v) is 9.70. The van der Waals surface area contributed by atoms with E-state index in [0.717, 1.165) is 11.1 Å². The highest BCUT2D eigenvalue weighted by molar-refractivity contribution is 5.86. The average Bonchev–Trinajstić information content (AvgIpc) is 3.01. The number of benzene rings is 4. The molecule has 1 atom stereocenters. The van der Waals surface area contributed by atoms with E-state index in [1.165, 1.54) is 44.5 Å². The third-order valence-electron chi connectivity index (χ3n) is 7.38. The monoisotopic (exact) mass is 418 g/mol. The fourth-order valence-electron chi connectivity index (χ4n) is 5.46. The van der Waals surface area contributed by atoms with Gasteiger partial charge in [-0.1, -0.05) is 93.6 Å². The first-order valence-electron chi connectivity index (χ1n) is 11.4. The summed E-state index contributed by atoms with van der Waals surface area (Å²) < 4.78 is 0. The van der Waals surface area contributed by atoms with Gasteiger partial charge < -0.3 is 5.11 Å². The Bertz CT molecular complexity index is 1340. The molecular weight excluding hydrogens is 388 g/mol. The van der Waals surface area contributed by atoms with Crippen LogP contribution >= 0.6 is 0 Å². The van der Waals surface area contributed by atoms with Gasteiger partial charge in [0.15, 0.2) is 0 Å². The van der Waals surface area contributed by atoms with Crippen molar-refractivity contribution in [2.45, 2.75) is 46.0 Å². The SMILES string of the molecule is Cc1cc2c(cc1-c1ccccc1C(C)c1cccc(C)c1O)-c1ccccc1C2(C)C. The lowest BCUT2D eigenvalue weighted by atomic mass is 9.80. The fourth-order valence-corrected chi connectivity index (χ4v) is 5.46. The summed E-state index contributed by atoms with van der Waals surface area (Å²) in [5, 5.41) is 10.7. The van der Waals surface area contributed by atoms with Crippen LogP contribution in [-0.4, -0.2) is 5.11 Å². The largest absolute Gasteiger partial charge is 0.507 e. The van der Waals surface area contributed by atoms with Gasteiger partial charge >= 0.3 is 0 Å². The van der Waals surface area contributed by atoms with Crippen LogP contribution in [0.25, 0.3) is 22.3 Å². The molecule has 1 nitrogen and oxygen atoms in total. The number of rotatable bonds is 3. The topological polar surface area (TPSA) is 20.2 Å². The van der Waals surface area contributed by atoms with E-state index < -0.39 is 0 Å². The van der Waals surface area contributed by atoms with Gasteiger partial charge in [0.1, 0.15) is 5.75 Å². The number of para-hydroxylation sites is 1. The zero-order chi connectivity index (χ0) is 22.6. The lowest BCUT2D eigenvalue weighted by molar-refractivity contribution is 0.462. The maximum absolute atomic E-state index is 10.7. The number of fused-ring (bicyclic) bond motifs is 3.